The molecule has 0 saturated heterocycles. The third-order valence-electron chi connectivity index (χ3n) is 3.34. The highest BCUT2D eigenvalue weighted by molar-refractivity contribution is 5.73. The van der Waals surface area contributed by atoms with E-state index in [4.69, 9.17) is 14.9 Å². The summed E-state index contributed by atoms with van der Waals surface area (Å²) in [5, 5.41) is 20.7. The third-order valence-corrected chi connectivity index (χ3v) is 3.34. The van der Waals surface area contributed by atoms with Crippen molar-refractivity contribution in [2.45, 2.75) is 80.7 Å². The van der Waals surface area contributed by atoms with Crippen molar-refractivity contribution in [1.82, 2.24) is 15.1 Å². The van der Waals surface area contributed by atoms with Crippen molar-refractivity contribution in [3.8, 4) is 0 Å². The van der Waals surface area contributed by atoms with Gasteiger partial charge >= 0.3 is 5.97 Å². The number of likely N-dealkylation sites (N-methyl/N-ethyl adjacent to an activating group) is 1. The SMILES string of the molecule is CC.CC.CC.CC.CN(C)CCN(C=O)CCCCC(NCCOCCO)C(=O)O. The van der Waals surface area contributed by atoms with Gasteiger partial charge in [0.2, 0.25) is 6.41 Å². The lowest BCUT2D eigenvalue weighted by Gasteiger charge is -2.20. The Balaban J connectivity index is -0.000000250. The van der Waals surface area contributed by atoms with E-state index < -0.39 is 12.0 Å². The molecule has 1 atom stereocenters. The maximum atomic E-state index is 11.2. The lowest BCUT2D eigenvalue weighted by molar-refractivity contribution is -0.139. The lowest BCUT2D eigenvalue weighted by Crippen LogP contribution is -2.38. The summed E-state index contributed by atoms with van der Waals surface area (Å²) in [5.74, 6) is -0.882. The molecule has 3 N–H and O–H groups in total. The largest absolute Gasteiger partial charge is 0.480 e. The number of amides is 1. The molecule has 8 heteroatoms. The minimum absolute atomic E-state index is 0.0383. The van der Waals surface area contributed by atoms with E-state index in [0.29, 0.717) is 32.7 Å². The Bertz CT molecular complexity index is 320. The van der Waals surface area contributed by atoms with E-state index in [2.05, 4.69) is 5.32 Å². The van der Waals surface area contributed by atoms with Crippen LogP contribution in [0.4, 0.5) is 0 Å². The normalized spacial score (nSPS) is 9.94. The number of aliphatic hydroxyl groups excluding tert-OH is 1. The number of carboxylic acids is 1. The zero-order chi connectivity index (χ0) is 25.5. The predicted octanol–water partition coefficient (Wildman–Crippen LogP) is 3.33. The smallest absolute Gasteiger partial charge is 0.320 e. The van der Waals surface area contributed by atoms with Crippen LogP contribution in [0.15, 0.2) is 0 Å². The van der Waals surface area contributed by atoms with E-state index >= 15 is 0 Å². The molecule has 192 valence electrons. The number of hydrogen-bond acceptors (Lipinski definition) is 6. The summed E-state index contributed by atoms with van der Waals surface area (Å²) in [6, 6.07) is -0.612. The van der Waals surface area contributed by atoms with Crippen LogP contribution in [0.3, 0.4) is 0 Å². The molecule has 0 aliphatic rings. The Kier molecular flexibility index (Phi) is 50.9. The van der Waals surface area contributed by atoms with Crippen LogP contribution in [0.2, 0.25) is 0 Å². The fourth-order valence-electron chi connectivity index (χ4n) is 1.99. The number of carbonyl (C=O) groups excluding carboxylic acids is 1. The van der Waals surface area contributed by atoms with Crippen LogP contribution in [0.1, 0.15) is 74.7 Å². The second-order valence-corrected chi connectivity index (χ2v) is 5.62. The van der Waals surface area contributed by atoms with Gasteiger partial charge in [-0.25, -0.2) is 0 Å². The van der Waals surface area contributed by atoms with Crippen molar-refractivity contribution in [3.05, 3.63) is 0 Å². The Labute approximate surface area is 193 Å². The van der Waals surface area contributed by atoms with Gasteiger partial charge in [-0.15, -0.1) is 0 Å². The summed E-state index contributed by atoms with van der Waals surface area (Å²) in [4.78, 5) is 25.8. The van der Waals surface area contributed by atoms with Crippen molar-refractivity contribution in [3.63, 3.8) is 0 Å². The Morgan fingerprint density at radius 2 is 1.48 bits per heavy atom. The second-order valence-electron chi connectivity index (χ2n) is 5.62. The zero-order valence-electron chi connectivity index (χ0n) is 22.2. The van der Waals surface area contributed by atoms with Crippen molar-refractivity contribution in [2.24, 2.45) is 0 Å². The lowest BCUT2D eigenvalue weighted by atomic mass is 10.1. The van der Waals surface area contributed by atoms with E-state index in [-0.39, 0.29) is 13.2 Å². The Hall–Kier alpha value is -1.22. The minimum atomic E-state index is -0.882. The van der Waals surface area contributed by atoms with Gasteiger partial charge in [-0.1, -0.05) is 55.4 Å². The van der Waals surface area contributed by atoms with Crippen LogP contribution < -0.4 is 5.32 Å². The molecule has 8 nitrogen and oxygen atoms in total. The number of ether oxygens (including phenoxy) is 1. The van der Waals surface area contributed by atoms with E-state index in [1.807, 2.05) is 74.4 Å². The first-order valence-corrected chi connectivity index (χ1v) is 12.0. The number of aliphatic carboxylic acids is 1. The molecule has 0 saturated carbocycles. The van der Waals surface area contributed by atoms with E-state index in [1.54, 1.807) is 4.90 Å². The molecule has 0 spiro atoms. The average molecular weight is 454 g/mol. The fourth-order valence-corrected chi connectivity index (χ4v) is 1.99. The minimum Gasteiger partial charge on any atom is -0.480 e. The Morgan fingerprint density at radius 1 is 0.935 bits per heavy atom. The maximum Gasteiger partial charge on any atom is 0.320 e. The highest BCUT2D eigenvalue weighted by Gasteiger charge is 2.15. The van der Waals surface area contributed by atoms with E-state index in [1.165, 1.54) is 0 Å². The molecule has 1 amide bonds. The molecule has 0 bridgehead atoms. The molecular weight excluding hydrogens is 398 g/mol. The highest BCUT2D eigenvalue weighted by atomic mass is 16.5. The van der Waals surface area contributed by atoms with Gasteiger partial charge in [0.15, 0.2) is 0 Å². The van der Waals surface area contributed by atoms with Gasteiger partial charge in [0.1, 0.15) is 6.04 Å². The summed E-state index contributed by atoms with van der Waals surface area (Å²) in [6.45, 7) is 19.2. The monoisotopic (exact) mass is 453 g/mol. The van der Waals surface area contributed by atoms with Crippen LogP contribution in [0.5, 0.6) is 0 Å². The van der Waals surface area contributed by atoms with Crippen molar-refractivity contribution in [1.29, 1.82) is 0 Å². The molecule has 0 aromatic heterocycles. The molecule has 0 aromatic rings. The summed E-state index contributed by atoms with van der Waals surface area (Å²) in [5.41, 5.74) is 0. The number of unbranched alkanes of at least 4 members (excludes halogenated alkanes) is 1. The van der Waals surface area contributed by atoms with Crippen molar-refractivity contribution >= 4 is 12.4 Å². The first-order valence-electron chi connectivity index (χ1n) is 12.0. The van der Waals surface area contributed by atoms with Crippen LogP contribution >= 0.6 is 0 Å². The average Bonchev–Trinajstić information content (AvgIpc) is 2.82. The second kappa shape index (κ2) is 39.3. The molecule has 0 aliphatic heterocycles. The summed E-state index contributed by atoms with van der Waals surface area (Å²) >= 11 is 0. The number of nitrogens with zero attached hydrogens (tertiary/aromatic N) is 2. The molecule has 0 rings (SSSR count). The molecule has 0 heterocycles. The van der Waals surface area contributed by atoms with Gasteiger partial charge in [-0.2, -0.15) is 0 Å². The first-order chi connectivity index (χ1) is 15.0. The summed E-state index contributed by atoms with van der Waals surface area (Å²) < 4.78 is 5.08. The molecule has 0 fully saturated rings. The van der Waals surface area contributed by atoms with Crippen LogP contribution in [-0.4, -0.2) is 98.5 Å². The summed E-state index contributed by atoms with van der Waals surface area (Å²) in [7, 11) is 3.91. The van der Waals surface area contributed by atoms with Gasteiger partial charge in [0, 0.05) is 26.2 Å². The van der Waals surface area contributed by atoms with E-state index in [9.17, 15) is 9.59 Å². The van der Waals surface area contributed by atoms with E-state index in [0.717, 1.165) is 25.8 Å². The number of rotatable bonds is 16. The number of carbonyl (C=O) groups is 2. The maximum absolute atomic E-state index is 11.2. The molecular formula is C23H55N3O5. The third kappa shape index (κ3) is 36.5. The predicted molar refractivity (Wildman–Crippen MR) is 133 cm³/mol. The van der Waals surface area contributed by atoms with Crippen molar-refractivity contribution < 1.29 is 24.5 Å². The number of carboxylic acid groups (broad SMARTS) is 1. The number of hydrogen-bond donors (Lipinski definition) is 3. The number of nitrogens with one attached hydrogen (secondary N) is 1. The van der Waals surface area contributed by atoms with Crippen LogP contribution in [0, 0.1) is 0 Å². The van der Waals surface area contributed by atoms with Gasteiger partial charge in [0.05, 0.1) is 19.8 Å². The zero-order valence-corrected chi connectivity index (χ0v) is 22.2. The van der Waals surface area contributed by atoms with Gasteiger partial charge in [0.25, 0.3) is 0 Å². The highest BCUT2D eigenvalue weighted by Crippen LogP contribution is 2.03. The topological polar surface area (TPSA) is 102 Å². The molecule has 31 heavy (non-hydrogen) atoms. The number of aliphatic hydroxyl groups is 1. The molecule has 0 radical (unpaired) electrons. The Morgan fingerprint density at radius 3 is 1.90 bits per heavy atom. The fraction of sp³-hybridized carbons (Fsp3) is 0.913. The van der Waals surface area contributed by atoms with Gasteiger partial charge < -0.3 is 30.1 Å². The van der Waals surface area contributed by atoms with Crippen LogP contribution in [0.25, 0.3) is 0 Å². The van der Waals surface area contributed by atoms with Crippen LogP contribution in [-0.2, 0) is 14.3 Å². The standard InChI is InChI=1S/C15H31N3O5.4C2H6/c1-17(2)8-9-18(13-20)7-4-3-5-14(15(21)22)16-6-11-23-12-10-19;4*1-2/h13-14,16,19H,3-12H2,1-2H3,(H,21,22);4*1-2H3. The first kappa shape index (κ1) is 40.2. The van der Waals surface area contributed by atoms with Crippen molar-refractivity contribution in [2.75, 3.05) is 60.1 Å². The van der Waals surface area contributed by atoms with Gasteiger partial charge in [-0.05, 0) is 33.4 Å². The summed E-state index contributed by atoms with van der Waals surface area (Å²) in [6.07, 6.45) is 2.86. The van der Waals surface area contributed by atoms with Gasteiger partial charge in [-0.3, -0.25) is 9.59 Å². The molecule has 0 aromatic carbocycles. The molecule has 1 unspecified atom stereocenters. The quantitative estimate of drug-likeness (QED) is 0.243. The molecule has 0 aliphatic carbocycles.